The Hall–Kier alpha value is -0.810. The van der Waals surface area contributed by atoms with Crippen molar-refractivity contribution >= 4 is 33.2 Å². The third kappa shape index (κ3) is 1.58. The minimum absolute atomic E-state index is 0.0468. The molecule has 86 valence electrons. The lowest BCUT2D eigenvalue weighted by Crippen LogP contribution is -2.27. The number of alkyl halides is 1. The van der Waals surface area contributed by atoms with E-state index in [-0.39, 0.29) is 16.3 Å². The maximum Gasteiger partial charge on any atom is 0.311 e. The SMILES string of the molecule is CC1(C)Oc2c([N+](=O)[O-])ccc(Cl)c2C1Br. The van der Waals surface area contributed by atoms with Crippen LogP contribution in [0.25, 0.3) is 0 Å². The average Bonchev–Trinajstić information content (AvgIpc) is 2.38. The van der Waals surface area contributed by atoms with Crippen molar-refractivity contribution in [3.8, 4) is 5.75 Å². The zero-order chi connectivity index (χ0) is 12.1. The number of nitro benzene ring substituents is 1. The number of rotatable bonds is 1. The van der Waals surface area contributed by atoms with Gasteiger partial charge in [-0.05, 0) is 19.9 Å². The summed E-state index contributed by atoms with van der Waals surface area (Å²) in [6.07, 6.45) is 0. The molecule has 0 N–H and O–H groups in total. The second-order valence-corrected chi connectivity index (χ2v) is 5.46. The Kier molecular flexibility index (Phi) is 2.62. The van der Waals surface area contributed by atoms with E-state index in [0.29, 0.717) is 10.6 Å². The molecular weight excluding hydrogens is 297 g/mol. The van der Waals surface area contributed by atoms with Crippen molar-refractivity contribution in [3.63, 3.8) is 0 Å². The Morgan fingerprint density at radius 3 is 2.75 bits per heavy atom. The number of halogens is 2. The first kappa shape index (κ1) is 11.7. The van der Waals surface area contributed by atoms with E-state index in [9.17, 15) is 10.1 Å². The molecule has 1 aliphatic rings. The number of nitro groups is 1. The van der Waals surface area contributed by atoms with Gasteiger partial charge >= 0.3 is 5.69 Å². The van der Waals surface area contributed by atoms with Gasteiger partial charge in [-0.3, -0.25) is 10.1 Å². The molecule has 0 saturated carbocycles. The summed E-state index contributed by atoms with van der Waals surface area (Å²) in [5, 5.41) is 11.3. The van der Waals surface area contributed by atoms with Crippen LogP contribution in [0.5, 0.6) is 5.75 Å². The van der Waals surface area contributed by atoms with Crippen molar-refractivity contribution < 1.29 is 9.66 Å². The summed E-state index contributed by atoms with van der Waals surface area (Å²) in [4.78, 5) is 10.2. The predicted octanol–water partition coefficient (Wildman–Crippen LogP) is 3.86. The first-order valence-electron chi connectivity index (χ1n) is 4.64. The van der Waals surface area contributed by atoms with E-state index in [1.165, 1.54) is 12.1 Å². The average molecular weight is 307 g/mol. The monoisotopic (exact) mass is 305 g/mol. The molecule has 0 fully saturated rings. The molecule has 1 aliphatic heterocycles. The summed E-state index contributed by atoms with van der Waals surface area (Å²) in [7, 11) is 0. The predicted molar refractivity (Wildman–Crippen MR) is 64.5 cm³/mol. The lowest BCUT2D eigenvalue weighted by molar-refractivity contribution is -0.386. The van der Waals surface area contributed by atoms with E-state index in [4.69, 9.17) is 16.3 Å². The van der Waals surface area contributed by atoms with Gasteiger partial charge in [0.2, 0.25) is 5.75 Å². The minimum atomic E-state index is -0.544. The van der Waals surface area contributed by atoms with Gasteiger partial charge < -0.3 is 4.74 Å². The molecule has 1 heterocycles. The van der Waals surface area contributed by atoms with Gasteiger partial charge in [-0.25, -0.2) is 0 Å². The largest absolute Gasteiger partial charge is 0.479 e. The quantitative estimate of drug-likeness (QED) is 0.450. The van der Waals surface area contributed by atoms with E-state index in [0.717, 1.165) is 0 Å². The van der Waals surface area contributed by atoms with Gasteiger partial charge in [0.15, 0.2) is 0 Å². The van der Waals surface area contributed by atoms with Crippen LogP contribution in [0.15, 0.2) is 12.1 Å². The van der Waals surface area contributed by atoms with Crippen LogP contribution in [0, 0.1) is 10.1 Å². The molecule has 1 atom stereocenters. The van der Waals surface area contributed by atoms with Crippen LogP contribution >= 0.6 is 27.5 Å². The molecule has 4 nitrogen and oxygen atoms in total. The van der Waals surface area contributed by atoms with E-state index in [1.807, 2.05) is 13.8 Å². The first-order chi connectivity index (χ1) is 7.34. The zero-order valence-electron chi connectivity index (χ0n) is 8.66. The Morgan fingerprint density at radius 1 is 1.56 bits per heavy atom. The second kappa shape index (κ2) is 3.60. The fourth-order valence-electron chi connectivity index (χ4n) is 1.71. The molecule has 0 aromatic heterocycles. The van der Waals surface area contributed by atoms with Crippen LogP contribution in [0.2, 0.25) is 5.02 Å². The Labute approximate surface area is 106 Å². The molecule has 16 heavy (non-hydrogen) atoms. The van der Waals surface area contributed by atoms with Gasteiger partial charge in [-0.1, -0.05) is 27.5 Å². The molecule has 0 bridgehead atoms. The molecule has 2 rings (SSSR count). The molecule has 0 aliphatic carbocycles. The van der Waals surface area contributed by atoms with Gasteiger partial charge in [-0.15, -0.1) is 0 Å². The van der Waals surface area contributed by atoms with E-state index in [2.05, 4.69) is 15.9 Å². The minimum Gasteiger partial charge on any atom is -0.479 e. The van der Waals surface area contributed by atoms with Crippen LogP contribution in [0.4, 0.5) is 5.69 Å². The molecule has 6 heteroatoms. The molecule has 1 unspecified atom stereocenters. The highest BCUT2D eigenvalue weighted by Gasteiger charge is 2.44. The molecule has 0 saturated heterocycles. The van der Waals surface area contributed by atoms with Crippen molar-refractivity contribution in [2.24, 2.45) is 0 Å². The number of nitrogens with zero attached hydrogens (tertiary/aromatic N) is 1. The Bertz CT molecular complexity index is 475. The van der Waals surface area contributed by atoms with Crippen LogP contribution in [-0.2, 0) is 0 Å². The zero-order valence-corrected chi connectivity index (χ0v) is 11.0. The normalized spacial score (nSPS) is 21.4. The summed E-state index contributed by atoms with van der Waals surface area (Å²) in [6, 6.07) is 2.89. The van der Waals surface area contributed by atoms with Crippen LogP contribution in [0.3, 0.4) is 0 Å². The topological polar surface area (TPSA) is 52.4 Å². The third-order valence-electron chi connectivity index (χ3n) is 2.55. The van der Waals surface area contributed by atoms with Crippen LogP contribution < -0.4 is 4.74 Å². The van der Waals surface area contributed by atoms with Gasteiger partial charge in [-0.2, -0.15) is 0 Å². The molecule has 1 aromatic carbocycles. The summed E-state index contributed by atoms with van der Waals surface area (Å²) in [5.41, 5.74) is 0.0632. The highest BCUT2D eigenvalue weighted by atomic mass is 79.9. The lowest BCUT2D eigenvalue weighted by Gasteiger charge is -2.21. The van der Waals surface area contributed by atoms with Crippen molar-refractivity contribution in [1.82, 2.24) is 0 Å². The number of benzene rings is 1. The van der Waals surface area contributed by atoms with Crippen molar-refractivity contribution in [1.29, 1.82) is 0 Å². The lowest BCUT2D eigenvalue weighted by atomic mass is 10.0. The van der Waals surface area contributed by atoms with E-state index in [1.54, 1.807) is 0 Å². The maximum atomic E-state index is 10.9. The molecule has 0 radical (unpaired) electrons. The Balaban J connectivity index is 2.67. The summed E-state index contributed by atoms with van der Waals surface area (Å²) >= 11 is 9.50. The third-order valence-corrected chi connectivity index (χ3v) is 4.44. The van der Waals surface area contributed by atoms with Crippen LogP contribution in [0.1, 0.15) is 24.2 Å². The molecule has 1 aromatic rings. The second-order valence-electron chi connectivity index (χ2n) is 4.13. The first-order valence-corrected chi connectivity index (χ1v) is 5.94. The fourth-order valence-corrected chi connectivity index (χ4v) is 2.65. The maximum absolute atomic E-state index is 10.9. The van der Waals surface area contributed by atoms with Crippen molar-refractivity contribution in [2.75, 3.05) is 0 Å². The molecule has 0 spiro atoms. The highest BCUT2D eigenvalue weighted by molar-refractivity contribution is 9.09. The summed E-state index contributed by atoms with van der Waals surface area (Å²) < 4.78 is 5.61. The van der Waals surface area contributed by atoms with Crippen molar-refractivity contribution in [3.05, 3.63) is 32.8 Å². The fraction of sp³-hybridized carbons (Fsp3) is 0.400. The smallest absolute Gasteiger partial charge is 0.311 e. The van der Waals surface area contributed by atoms with Gasteiger partial charge in [0.05, 0.1) is 9.75 Å². The van der Waals surface area contributed by atoms with Crippen molar-refractivity contribution in [2.45, 2.75) is 24.3 Å². The van der Waals surface area contributed by atoms with Gasteiger partial charge in [0.1, 0.15) is 5.60 Å². The number of hydrogen-bond donors (Lipinski definition) is 0. The van der Waals surface area contributed by atoms with E-state index < -0.39 is 10.5 Å². The summed E-state index contributed by atoms with van der Waals surface area (Å²) in [5.74, 6) is 0.268. The van der Waals surface area contributed by atoms with E-state index >= 15 is 0 Å². The number of fused-ring (bicyclic) bond motifs is 1. The Morgan fingerprint density at radius 2 is 2.19 bits per heavy atom. The van der Waals surface area contributed by atoms with Crippen LogP contribution in [-0.4, -0.2) is 10.5 Å². The van der Waals surface area contributed by atoms with Gasteiger partial charge in [0.25, 0.3) is 0 Å². The highest BCUT2D eigenvalue weighted by Crippen LogP contribution is 2.54. The number of ether oxygens (including phenoxy) is 1. The molecule has 0 amide bonds. The summed E-state index contributed by atoms with van der Waals surface area (Å²) in [6.45, 7) is 3.71. The molecular formula is C10H9BrClNO3. The standard InChI is InChI=1S/C10H9BrClNO3/c1-10(2)9(11)7-5(12)3-4-6(13(14)15)8(7)16-10/h3-4,9H,1-2H3. The van der Waals surface area contributed by atoms with Gasteiger partial charge in [0, 0.05) is 16.7 Å². The number of hydrogen-bond acceptors (Lipinski definition) is 3.